The van der Waals surface area contributed by atoms with Crippen molar-refractivity contribution >= 4 is 6.03 Å². The van der Waals surface area contributed by atoms with Crippen molar-refractivity contribution in [1.82, 2.24) is 10.6 Å². The Morgan fingerprint density at radius 2 is 1.70 bits per heavy atom. The minimum atomic E-state index is -0.291. The van der Waals surface area contributed by atoms with Gasteiger partial charge in [0.25, 0.3) is 0 Å². The number of benzene rings is 2. The number of aromatic hydroxyl groups is 1. The Balaban J connectivity index is 1.69. The lowest BCUT2D eigenvalue weighted by Gasteiger charge is -2.15. The lowest BCUT2D eigenvalue weighted by molar-refractivity contribution is 0.237. The van der Waals surface area contributed by atoms with E-state index >= 15 is 0 Å². The van der Waals surface area contributed by atoms with Gasteiger partial charge >= 0.3 is 6.03 Å². The third-order valence-corrected chi connectivity index (χ3v) is 3.55. The Hall–Kier alpha value is -2.56. The van der Waals surface area contributed by atoms with Crippen molar-refractivity contribution in [3.8, 4) is 5.75 Å². The maximum absolute atomic E-state index is 12.8. The van der Waals surface area contributed by atoms with Crippen molar-refractivity contribution in [3.05, 3.63) is 65.5 Å². The Bertz CT molecular complexity index is 626. The van der Waals surface area contributed by atoms with E-state index in [4.69, 9.17) is 0 Å². The first kappa shape index (κ1) is 16.8. The number of amides is 2. The summed E-state index contributed by atoms with van der Waals surface area (Å²) in [6.07, 6.45) is 1.62. The van der Waals surface area contributed by atoms with Gasteiger partial charge in [-0.2, -0.15) is 0 Å². The van der Waals surface area contributed by atoms with E-state index in [2.05, 4.69) is 10.6 Å². The minimum Gasteiger partial charge on any atom is -0.508 e. The average Bonchev–Trinajstić information content (AvgIpc) is 2.54. The summed E-state index contributed by atoms with van der Waals surface area (Å²) in [6, 6.07) is 12.9. The number of nitrogens with one attached hydrogen (secondary N) is 2. The number of phenols is 1. The van der Waals surface area contributed by atoms with E-state index in [9.17, 15) is 14.3 Å². The van der Waals surface area contributed by atoms with Crippen molar-refractivity contribution in [3.63, 3.8) is 0 Å². The van der Waals surface area contributed by atoms with Gasteiger partial charge in [-0.25, -0.2) is 9.18 Å². The quantitative estimate of drug-likeness (QED) is 0.765. The van der Waals surface area contributed by atoms with E-state index in [1.165, 1.54) is 12.1 Å². The van der Waals surface area contributed by atoms with Crippen LogP contribution in [0, 0.1) is 5.82 Å². The number of rotatable bonds is 6. The SMILES string of the molecule is C[C@@H](CCc1ccc(O)cc1)NC(=O)NCc1ccc(F)cc1. The van der Waals surface area contributed by atoms with Gasteiger partial charge in [-0.05, 0) is 55.2 Å². The molecule has 0 heterocycles. The van der Waals surface area contributed by atoms with Crippen LogP contribution in [0.4, 0.5) is 9.18 Å². The normalized spacial score (nSPS) is 11.7. The van der Waals surface area contributed by atoms with Gasteiger partial charge < -0.3 is 15.7 Å². The van der Waals surface area contributed by atoms with Crippen LogP contribution < -0.4 is 10.6 Å². The summed E-state index contributed by atoms with van der Waals surface area (Å²) in [5.41, 5.74) is 1.96. The van der Waals surface area contributed by atoms with Gasteiger partial charge in [0, 0.05) is 12.6 Å². The van der Waals surface area contributed by atoms with Crippen molar-refractivity contribution in [2.75, 3.05) is 0 Å². The van der Waals surface area contributed by atoms with Crippen LogP contribution in [0.3, 0.4) is 0 Å². The van der Waals surface area contributed by atoms with Crippen molar-refractivity contribution in [2.24, 2.45) is 0 Å². The number of aryl methyl sites for hydroxylation is 1. The van der Waals surface area contributed by atoms with Crippen LogP contribution in [0.25, 0.3) is 0 Å². The fourth-order valence-corrected chi connectivity index (χ4v) is 2.18. The number of phenolic OH excluding ortho intramolecular Hbond substituents is 1. The van der Waals surface area contributed by atoms with E-state index in [1.807, 2.05) is 19.1 Å². The van der Waals surface area contributed by atoms with Gasteiger partial charge in [0.05, 0.1) is 0 Å². The summed E-state index contributed by atoms with van der Waals surface area (Å²) in [5.74, 6) is -0.0406. The van der Waals surface area contributed by atoms with Crippen LogP contribution in [0.1, 0.15) is 24.5 Å². The second-order valence-corrected chi connectivity index (χ2v) is 5.56. The lowest BCUT2D eigenvalue weighted by Crippen LogP contribution is -2.40. The fourth-order valence-electron chi connectivity index (χ4n) is 2.18. The molecule has 0 aromatic heterocycles. The van der Waals surface area contributed by atoms with Crippen molar-refractivity contribution < 1.29 is 14.3 Å². The molecule has 1 atom stereocenters. The molecule has 0 bridgehead atoms. The van der Waals surface area contributed by atoms with Crippen molar-refractivity contribution in [1.29, 1.82) is 0 Å². The highest BCUT2D eigenvalue weighted by atomic mass is 19.1. The van der Waals surface area contributed by atoms with Crippen LogP contribution in [0.2, 0.25) is 0 Å². The van der Waals surface area contributed by atoms with Crippen LogP contribution in [0.15, 0.2) is 48.5 Å². The molecule has 0 aliphatic rings. The first-order chi connectivity index (χ1) is 11.0. The number of urea groups is 1. The minimum absolute atomic E-state index is 0.0250. The molecular formula is C18H21FN2O2. The third-order valence-electron chi connectivity index (χ3n) is 3.55. The molecule has 0 saturated carbocycles. The van der Waals surface area contributed by atoms with Gasteiger partial charge in [-0.15, -0.1) is 0 Å². The molecule has 2 rings (SSSR count). The van der Waals surface area contributed by atoms with Crippen LogP contribution in [-0.4, -0.2) is 17.2 Å². The maximum Gasteiger partial charge on any atom is 0.315 e. The van der Waals surface area contributed by atoms with E-state index in [0.29, 0.717) is 6.54 Å². The Morgan fingerprint density at radius 1 is 1.09 bits per heavy atom. The Morgan fingerprint density at radius 3 is 2.35 bits per heavy atom. The molecular weight excluding hydrogens is 295 g/mol. The topological polar surface area (TPSA) is 61.4 Å². The first-order valence-corrected chi connectivity index (χ1v) is 7.59. The molecule has 0 aliphatic heterocycles. The summed E-state index contributed by atoms with van der Waals surface area (Å²) in [4.78, 5) is 11.8. The average molecular weight is 316 g/mol. The van der Waals surface area contributed by atoms with Crippen LogP contribution in [-0.2, 0) is 13.0 Å². The van der Waals surface area contributed by atoms with E-state index in [0.717, 1.165) is 24.0 Å². The van der Waals surface area contributed by atoms with Crippen LogP contribution in [0.5, 0.6) is 5.75 Å². The molecule has 122 valence electrons. The molecule has 3 N–H and O–H groups in total. The zero-order valence-electron chi connectivity index (χ0n) is 13.1. The zero-order valence-corrected chi connectivity index (χ0v) is 13.1. The molecule has 23 heavy (non-hydrogen) atoms. The largest absolute Gasteiger partial charge is 0.508 e. The molecule has 5 heteroatoms. The molecule has 0 spiro atoms. The molecule has 0 saturated heterocycles. The van der Waals surface area contributed by atoms with Gasteiger partial charge in [0.15, 0.2) is 0 Å². The molecule has 2 aromatic rings. The molecule has 2 amide bonds. The summed E-state index contributed by atoms with van der Waals surface area (Å²) in [7, 11) is 0. The molecule has 0 fully saturated rings. The predicted molar refractivity (Wildman–Crippen MR) is 87.7 cm³/mol. The van der Waals surface area contributed by atoms with Crippen LogP contribution >= 0.6 is 0 Å². The summed E-state index contributed by atoms with van der Waals surface area (Å²) in [6.45, 7) is 2.30. The molecule has 2 aromatic carbocycles. The second kappa shape index (κ2) is 8.17. The van der Waals surface area contributed by atoms with Gasteiger partial charge in [-0.3, -0.25) is 0 Å². The predicted octanol–water partition coefficient (Wildman–Crippen LogP) is 3.35. The van der Waals surface area contributed by atoms with Gasteiger partial charge in [0.1, 0.15) is 11.6 Å². The van der Waals surface area contributed by atoms with E-state index in [-0.39, 0.29) is 23.6 Å². The number of carbonyl (C=O) groups is 1. The number of hydrogen-bond donors (Lipinski definition) is 3. The summed E-state index contributed by atoms with van der Waals surface area (Å²) in [5, 5.41) is 14.9. The smallest absolute Gasteiger partial charge is 0.315 e. The van der Waals surface area contributed by atoms with E-state index < -0.39 is 0 Å². The number of halogens is 1. The molecule has 0 radical (unpaired) electrons. The monoisotopic (exact) mass is 316 g/mol. The summed E-state index contributed by atoms with van der Waals surface area (Å²) < 4.78 is 12.8. The van der Waals surface area contributed by atoms with E-state index in [1.54, 1.807) is 24.3 Å². The first-order valence-electron chi connectivity index (χ1n) is 7.59. The highest BCUT2D eigenvalue weighted by Crippen LogP contribution is 2.11. The standard InChI is InChI=1S/C18H21FN2O2/c1-13(2-3-14-6-10-17(22)11-7-14)21-18(23)20-12-15-4-8-16(19)9-5-15/h4-11,13,22H,2-3,12H2,1H3,(H2,20,21,23)/t13-/m0/s1. The fraction of sp³-hybridized carbons (Fsp3) is 0.278. The van der Waals surface area contributed by atoms with Gasteiger partial charge in [0.2, 0.25) is 0 Å². The highest BCUT2D eigenvalue weighted by Gasteiger charge is 2.07. The second-order valence-electron chi connectivity index (χ2n) is 5.56. The molecule has 0 unspecified atom stereocenters. The lowest BCUT2D eigenvalue weighted by atomic mass is 10.1. The number of carbonyl (C=O) groups excluding carboxylic acids is 1. The molecule has 0 aliphatic carbocycles. The highest BCUT2D eigenvalue weighted by molar-refractivity contribution is 5.74. The third kappa shape index (κ3) is 5.98. The Labute approximate surface area is 135 Å². The maximum atomic E-state index is 12.8. The van der Waals surface area contributed by atoms with Crippen molar-refractivity contribution in [2.45, 2.75) is 32.4 Å². The summed E-state index contributed by atoms with van der Waals surface area (Å²) >= 11 is 0. The Kier molecular flexibility index (Phi) is 5.97. The number of hydrogen-bond acceptors (Lipinski definition) is 2. The zero-order chi connectivity index (χ0) is 16.7. The van der Waals surface area contributed by atoms with Gasteiger partial charge in [-0.1, -0.05) is 24.3 Å². The molecule has 4 nitrogen and oxygen atoms in total.